The van der Waals surface area contributed by atoms with Gasteiger partial charge in [-0.25, -0.2) is 0 Å². The molecule has 0 saturated heterocycles. The van der Waals surface area contributed by atoms with E-state index in [9.17, 15) is 0 Å². The molecule has 0 aliphatic rings. The number of nitrogens with two attached hydrogens (primary N) is 1. The fourth-order valence-electron chi connectivity index (χ4n) is 2.91. The number of hydrogen-bond donors (Lipinski definition) is 2. The molecule has 124 valence electrons. The van der Waals surface area contributed by atoms with Gasteiger partial charge in [0, 0.05) is 31.7 Å². The van der Waals surface area contributed by atoms with Crippen LogP contribution in [0.4, 0.5) is 0 Å². The van der Waals surface area contributed by atoms with Gasteiger partial charge in [0.05, 0.1) is 11.9 Å². The van der Waals surface area contributed by atoms with Crippen molar-refractivity contribution in [1.29, 1.82) is 0 Å². The second-order valence-electron chi connectivity index (χ2n) is 5.94. The summed E-state index contributed by atoms with van der Waals surface area (Å²) in [4.78, 5) is 2.39. The Morgan fingerprint density at radius 2 is 1.62 bits per heavy atom. The maximum Gasteiger partial charge on any atom is 0.0695 e. The van der Waals surface area contributed by atoms with Crippen LogP contribution < -0.4 is 5.73 Å². The summed E-state index contributed by atoms with van der Waals surface area (Å²) in [7, 11) is 0. The van der Waals surface area contributed by atoms with Gasteiger partial charge in [-0.1, -0.05) is 60.7 Å². The third-order valence-corrected chi connectivity index (χ3v) is 4.18. The Balaban J connectivity index is 1.69. The summed E-state index contributed by atoms with van der Waals surface area (Å²) < 4.78 is 0. The first kappa shape index (κ1) is 16.4. The summed E-state index contributed by atoms with van der Waals surface area (Å²) in [5, 5.41) is 7.38. The highest BCUT2D eigenvalue weighted by Crippen LogP contribution is 2.22. The Morgan fingerprint density at radius 1 is 0.917 bits per heavy atom. The molecule has 0 spiro atoms. The zero-order valence-corrected chi connectivity index (χ0v) is 13.9. The molecule has 0 saturated carbocycles. The molecule has 0 bridgehead atoms. The molecule has 0 fully saturated rings. The van der Waals surface area contributed by atoms with Gasteiger partial charge in [0.15, 0.2) is 0 Å². The average Bonchev–Trinajstić information content (AvgIpc) is 3.10. The van der Waals surface area contributed by atoms with Crippen LogP contribution >= 0.6 is 0 Å². The van der Waals surface area contributed by atoms with Crippen molar-refractivity contribution in [3.63, 3.8) is 0 Å². The van der Waals surface area contributed by atoms with Crippen molar-refractivity contribution in [3.05, 3.63) is 78.0 Å². The fraction of sp³-hybridized carbons (Fsp3) is 0.250. The summed E-state index contributed by atoms with van der Waals surface area (Å²) in [6, 6.07) is 20.9. The molecule has 0 unspecified atom stereocenters. The molecule has 4 heteroatoms. The lowest BCUT2D eigenvalue weighted by Crippen LogP contribution is -2.31. The number of benzene rings is 2. The van der Waals surface area contributed by atoms with Gasteiger partial charge in [0.1, 0.15) is 0 Å². The first-order valence-corrected chi connectivity index (χ1v) is 8.41. The molecule has 24 heavy (non-hydrogen) atoms. The van der Waals surface area contributed by atoms with Gasteiger partial charge in [-0.2, -0.15) is 5.10 Å². The number of nitrogens with zero attached hydrogens (tertiary/aromatic N) is 2. The van der Waals surface area contributed by atoms with Crippen molar-refractivity contribution >= 4 is 0 Å². The predicted octanol–water partition coefficient (Wildman–Crippen LogP) is 3.08. The lowest BCUT2D eigenvalue weighted by Gasteiger charge is -2.21. The number of hydrogen-bond acceptors (Lipinski definition) is 3. The van der Waals surface area contributed by atoms with Crippen LogP contribution in [0.2, 0.25) is 0 Å². The lowest BCUT2D eigenvalue weighted by molar-refractivity contribution is 0.277. The molecule has 0 aliphatic carbocycles. The zero-order chi connectivity index (χ0) is 16.6. The first-order chi connectivity index (χ1) is 11.9. The van der Waals surface area contributed by atoms with E-state index < -0.39 is 0 Å². The Labute approximate surface area is 143 Å². The molecule has 0 atom stereocenters. The third kappa shape index (κ3) is 4.31. The van der Waals surface area contributed by atoms with Crippen molar-refractivity contribution in [2.45, 2.75) is 13.0 Å². The zero-order valence-electron chi connectivity index (χ0n) is 13.9. The summed E-state index contributed by atoms with van der Waals surface area (Å²) >= 11 is 0. The molecule has 0 radical (unpaired) electrons. The normalized spacial score (nSPS) is 11.1. The summed E-state index contributed by atoms with van der Waals surface area (Å²) in [6.07, 6.45) is 2.95. The maximum atomic E-state index is 5.81. The quantitative estimate of drug-likeness (QED) is 0.670. The minimum absolute atomic E-state index is 0.660. The fourth-order valence-corrected chi connectivity index (χ4v) is 2.91. The van der Waals surface area contributed by atoms with Crippen molar-refractivity contribution in [1.82, 2.24) is 15.1 Å². The number of H-pyrrole nitrogens is 1. The van der Waals surface area contributed by atoms with Crippen molar-refractivity contribution in [3.8, 4) is 11.3 Å². The Bertz CT molecular complexity index is 722. The predicted molar refractivity (Wildman–Crippen MR) is 98.5 cm³/mol. The highest BCUT2D eigenvalue weighted by Gasteiger charge is 2.12. The molecule has 4 nitrogen and oxygen atoms in total. The second-order valence-corrected chi connectivity index (χ2v) is 5.94. The number of nitrogens with one attached hydrogen (secondary N) is 1. The highest BCUT2D eigenvalue weighted by atomic mass is 15.1. The molecule has 0 aliphatic heterocycles. The minimum atomic E-state index is 0.660. The summed E-state index contributed by atoms with van der Waals surface area (Å²) in [5.74, 6) is 0. The largest absolute Gasteiger partial charge is 0.329 e. The van der Waals surface area contributed by atoms with E-state index in [0.29, 0.717) is 6.54 Å². The van der Waals surface area contributed by atoms with Gasteiger partial charge < -0.3 is 5.73 Å². The van der Waals surface area contributed by atoms with E-state index in [1.165, 1.54) is 16.7 Å². The van der Waals surface area contributed by atoms with E-state index >= 15 is 0 Å². The number of rotatable bonds is 8. The Kier molecular flexibility index (Phi) is 5.77. The second kappa shape index (κ2) is 8.43. The van der Waals surface area contributed by atoms with Crippen LogP contribution in [0.25, 0.3) is 11.3 Å². The van der Waals surface area contributed by atoms with Gasteiger partial charge in [0.2, 0.25) is 0 Å². The van der Waals surface area contributed by atoms with E-state index in [0.717, 1.165) is 31.7 Å². The lowest BCUT2D eigenvalue weighted by atomic mass is 10.1. The molecule has 1 aromatic heterocycles. The molecule has 3 N–H and O–H groups in total. The SMILES string of the molecule is NCCN(CCc1ccccc1)Cc1cn[nH]c1-c1ccccc1. The molecule has 3 aromatic rings. The van der Waals surface area contributed by atoms with Crippen LogP contribution in [-0.4, -0.2) is 34.7 Å². The van der Waals surface area contributed by atoms with Gasteiger partial charge in [-0.15, -0.1) is 0 Å². The van der Waals surface area contributed by atoms with E-state index in [1.807, 2.05) is 24.4 Å². The van der Waals surface area contributed by atoms with Gasteiger partial charge >= 0.3 is 0 Å². The van der Waals surface area contributed by atoms with Crippen LogP contribution in [0, 0.1) is 0 Å². The van der Waals surface area contributed by atoms with Crippen molar-refractivity contribution in [2.75, 3.05) is 19.6 Å². The van der Waals surface area contributed by atoms with Gasteiger partial charge in [-0.05, 0) is 17.5 Å². The molecule has 2 aromatic carbocycles. The highest BCUT2D eigenvalue weighted by molar-refractivity contribution is 5.62. The first-order valence-electron chi connectivity index (χ1n) is 8.41. The van der Waals surface area contributed by atoms with Crippen LogP contribution in [0.1, 0.15) is 11.1 Å². The molecule has 3 rings (SSSR count). The average molecular weight is 320 g/mol. The molecule has 0 amide bonds. The molecular weight excluding hydrogens is 296 g/mol. The smallest absolute Gasteiger partial charge is 0.0695 e. The summed E-state index contributed by atoms with van der Waals surface area (Å²) in [5.41, 5.74) is 10.6. The molecule has 1 heterocycles. The number of aromatic nitrogens is 2. The van der Waals surface area contributed by atoms with Crippen molar-refractivity contribution < 1.29 is 0 Å². The van der Waals surface area contributed by atoms with Crippen LogP contribution in [0.15, 0.2) is 66.9 Å². The molecular formula is C20H24N4. The Morgan fingerprint density at radius 3 is 2.33 bits per heavy atom. The van der Waals surface area contributed by atoms with Gasteiger partial charge in [-0.3, -0.25) is 10.00 Å². The topological polar surface area (TPSA) is 57.9 Å². The minimum Gasteiger partial charge on any atom is -0.329 e. The maximum absolute atomic E-state index is 5.81. The van der Waals surface area contributed by atoms with Crippen LogP contribution in [0.5, 0.6) is 0 Å². The van der Waals surface area contributed by atoms with E-state index in [4.69, 9.17) is 5.73 Å². The van der Waals surface area contributed by atoms with Gasteiger partial charge in [0.25, 0.3) is 0 Å². The van der Waals surface area contributed by atoms with E-state index in [1.54, 1.807) is 0 Å². The monoisotopic (exact) mass is 320 g/mol. The van der Waals surface area contributed by atoms with E-state index in [-0.39, 0.29) is 0 Å². The number of aromatic amines is 1. The van der Waals surface area contributed by atoms with Crippen molar-refractivity contribution in [2.24, 2.45) is 5.73 Å². The van der Waals surface area contributed by atoms with E-state index in [2.05, 4.69) is 57.6 Å². The van der Waals surface area contributed by atoms with Crippen LogP contribution in [-0.2, 0) is 13.0 Å². The standard InChI is InChI=1S/C20H24N4/c21-12-14-24(13-11-17-7-3-1-4-8-17)16-19-15-22-23-20(19)18-9-5-2-6-10-18/h1-10,15H,11-14,16,21H2,(H,22,23). The Hall–Kier alpha value is -2.43. The summed E-state index contributed by atoms with van der Waals surface area (Å²) in [6.45, 7) is 3.38. The van der Waals surface area contributed by atoms with Crippen LogP contribution in [0.3, 0.4) is 0 Å². The third-order valence-electron chi connectivity index (χ3n) is 4.18.